The van der Waals surface area contributed by atoms with Crippen LogP contribution in [0.5, 0.6) is 0 Å². The van der Waals surface area contributed by atoms with Crippen LogP contribution in [0.25, 0.3) is 0 Å². The zero-order chi connectivity index (χ0) is 12.1. The minimum absolute atomic E-state index is 0. The summed E-state index contributed by atoms with van der Waals surface area (Å²) in [5.74, 6) is 0. The van der Waals surface area contributed by atoms with Crippen LogP contribution in [0.3, 0.4) is 0 Å². The number of nitrogens with one attached hydrogen (secondary N) is 1. The lowest BCUT2D eigenvalue weighted by Gasteiger charge is -2.34. The molecule has 2 nitrogen and oxygen atoms in total. The molecule has 104 valence electrons. The molecule has 1 N–H and O–H groups in total. The number of nitrogens with zero attached hydrogens (tertiary/aromatic N) is 1. The molecule has 0 bridgehead atoms. The first-order chi connectivity index (χ1) is 8.31. The SMILES string of the molecule is CCCN(Cc1sccc1Br)C1CCNCC1.Cl. The van der Waals surface area contributed by atoms with Gasteiger partial charge < -0.3 is 5.32 Å². The summed E-state index contributed by atoms with van der Waals surface area (Å²) in [7, 11) is 0. The normalized spacial score (nSPS) is 16.8. The Morgan fingerprint density at radius 1 is 1.44 bits per heavy atom. The van der Waals surface area contributed by atoms with Crippen LogP contribution in [-0.2, 0) is 6.54 Å². The maximum Gasteiger partial charge on any atom is 0.0342 e. The minimum atomic E-state index is 0. The van der Waals surface area contributed by atoms with Gasteiger partial charge in [0.2, 0.25) is 0 Å². The van der Waals surface area contributed by atoms with Crippen molar-refractivity contribution in [3.8, 4) is 0 Å². The van der Waals surface area contributed by atoms with Gasteiger partial charge in [0.05, 0.1) is 0 Å². The predicted molar refractivity (Wildman–Crippen MR) is 85.9 cm³/mol. The molecule has 0 radical (unpaired) electrons. The fourth-order valence-electron chi connectivity index (χ4n) is 2.47. The van der Waals surface area contributed by atoms with E-state index in [1.165, 1.54) is 48.2 Å². The highest BCUT2D eigenvalue weighted by atomic mass is 79.9. The Bertz CT molecular complexity index is 339. The molecule has 0 unspecified atom stereocenters. The highest BCUT2D eigenvalue weighted by molar-refractivity contribution is 9.10. The van der Waals surface area contributed by atoms with Gasteiger partial charge in [-0.3, -0.25) is 4.90 Å². The van der Waals surface area contributed by atoms with E-state index in [2.05, 4.69) is 44.5 Å². The number of rotatable bonds is 5. The Morgan fingerprint density at radius 2 is 2.17 bits per heavy atom. The fourth-order valence-corrected chi connectivity index (χ4v) is 3.97. The van der Waals surface area contributed by atoms with E-state index in [9.17, 15) is 0 Å². The Kier molecular flexibility index (Phi) is 7.80. The lowest BCUT2D eigenvalue weighted by atomic mass is 10.0. The van der Waals surface area contributed by atoms with Crippen molar-refractivity contribution in [2.75, 3.05) is 19.6 Å². The fraction of sp³-hybridized carbons (Fsp3) is 0.692. The minimum Gasteiger partial charge on any atom is -0.317 e. The van der Waals surface area contributed by atoms with Gasteiger partial charge in [-0.2, -0.15) is 0 Å². The summed E-state index contributed by atoms with van der Waals surface area (Å²) in [5, 5.41) is 5.62. The lowest BCUT2D eigenvalue weighted by molar-refractivity contribution is 0.155. The van der Waals surface area contributed by atoms with Crippen molar-refractivity contribution in [1.82, 2.24) is 10.2 Å². The van der Waals surface area contributed by atoms with Gasteiger partial charge in [-0.15, -0.1) is 23.7 Å². The smallest absolute Gasteiger partial charge is 0.0342 e. The topological polar surface area (TPSA) is 15.3 Å². The molecule has 0 atom stereocenters. The number of piperidine rings is 1. The van der Waals surface area contributed by atoms with E-state index in [1.807, 2.05) is 11.3 Å². The summed E-state index contributed by atoms with van der Waals surface area (Å²) < 4.78 is 1.28. The summed E-state index contributed by atoms with van der Waals surface area (Å²) in [6.07, 6.45) is 3.83. The van der Waals surface area contributed by atoms with Crippen molar-refractivity contribution in [2.24, 2.45) is 0 Å². The highest BCUT2D eigenvalue weighted by Gasteiger charge is 2.21. The third-order valence-corrected chi connectivity index (χ3v) is 5.28. The molecule has 2 heterocycles. The number of hydrogen-bond donors (Lipinski definition) is 1. The van der Waals surface area contributed by atoms with Crippen LogP contribution >= 0.6 is 39.7 Å². The van der Waals surface area contributed by atoms with E-state index in [-0.39, 0.29) is 12.4 Å². The third kappa shape index (κ3) is 4.49. The Labute approximate surface area is 129 Å². The van der Waals surface area contributed by atoms with Crippen LogP contribution < -0.4 is 5.32 Å². The molecule has 0 aromatic carbocycles. The lowest BCUT2D eigenvalue weighted by Crippen LogP contribution is -2.43. The Balaban J connectivity index is 0.00000162. The second-order valence-electron chi connectivity index (χ2n) is 4.64. The first-order valence-electron chi connectivity index (χ1n) is 6.48. The van der Waals surface area contributed by atoms with Gasteiger partial charge in [-0.1, -0.05) is 6.92 Å². The molecule has 1 aromatic rings. The average molecular weight is 354 g/mol. The van der Waals surface area contributed by atoms with E-state index in [0.717, 1.165) is 12.6 Å². The maximum absolute atomic E-state index is 3.64. The van der Waals surface area contributed by atoms with Crippen LogP contribution in [0.15, 0.2) is 15.9 Å². The molecule has 18 heavy (non-hydrogen) atoms. The van der Waals surface area contributed by atoms with Gasteiger partial charge in [0.15, 0.2) is 0 Å². The van der Waals surface area contributed by atoms with Crippen molar-refractivity contribution in [1.29, 1.82) is 0 Å². The summed E-state index contributed by atoms with van der Waals surface area (Å²) in [6, 6.07) is 2.93. The van der Waals surface area contributed by atoms with Crippen molar-refractivity contribution in [3.63, 3.8) is 0 Å². The standard InChI is InChI=1S/C13H21BrN2S.ClH/c1-2-8-16(11-3-6-15-7-4-11)10-13-12(14)5-9-17-13;/h5,9,11,15H,2-4,6-8,10H2,1H3;1H. The Morgan fingerprint density at radius 3 is 2.72 bits per heavy atom. The molecule has 1 saturated heterocycles. The second-order valence-corrected chi connectivity index (χ2v) is 6.50. The number of hydrogen-bond acceptors (Lipinski definition) is 3. The number of halogens is 2. The molecule has 2 rings (SSSR count). The van der Waals surface area contributed by atoms with Gasteiger partial charge >= 0.3 is 0 Å². The molecule has 5 heteroatoms. The van der Waals surface area contributed by atoms with Gasteiger partial charge in [0.25, 0.3) is 0 Å². The summed E-state index contributed by atoms with van der Waals surface area (Å²) in [5.41, 5.74) is 0. The quantitative estimate of drug-likeness (QED) is 0.863. The van der Waals surface area contributed by atoms with E-state index in [0.29, 0.717) is 0 Å². The first kappa shape index (κ1) is 16.4. The first-order valence-corrected chi connectivity index (χ1v) is 8.15. The Hall–Kier alpha value is 0.390. The van der Waals surface area contributed by atoms with Crippen LogP contribution in [-0.4, -0.2) is 30.6 Å². The molecule has 0 aliphatic carbocycles. The van der Waals surface area contributed by atoms with E-state index in [4.69, 9.17) is 0 Å². The van der Waals surface area contributed by atoms with Gasteiger partial charge in [-0.05, 0) is 66.3 Å². The maximum atomic E-state index is 3.64. The summed E-state index contributed by atoms with van der Waals surface area (Å²) in [6.45, 7) is 6.95. The van der Waals surface area contributed by atoms with Crippen molar-refractivity contribution in [3.05, 3.63) is 20.8 Å². The van der Waals surface area contributed by atoms with E-state index >= 15 is 0 Å². The average Bonchev–Trinajstić information content (AvgIpc) is 2.76. The van der Waals surface area contributed by atoms with Crippen LogP contribution in [0.1, 0.15) is 31.1 Å². The zero-order valence-corrected chi connectivity index (χ0v) is 14.0. The molecule has 1 aromatic heterocycles. The molecular formula is C13H22BrClN2S. The summed E-state index contributed by atoms with van der Waals surface area (Å²) in [4.78, 5) is 4.13. The van der Waals surface area contributed by atoms with Crippen molar-refractivity contribution < 1.29 is 0 Å². The molecule has 0 spiro atoms. The highest BCUT2D eigenvalue weighted by Crippen LogP contribution is 2.26. The predicted octanol–water partition coefficient (Wildman–Crippen LogP) is 3.90. The van der Waals surface area contributed by atoms with Crippen molar-refractivity contribution in [2.45, 2.75) is 38.8 Å². The molecule has 1 aliphatic rings. The van der Waals surface area contributed by atoms with Crippen LogP contribution in [0.2, 0.25) is 0 Å². The van der Waals surface area contributed by atoms with E-state index in [1.54, 1.807) is 0 Å². The van der Waals surface area contributed by atoms with Crippen LogP contribution in [0, 0.1) is 0 Å². The molecular weight excluding hydrogens is 332 g/mol. The van der Waals surface area contributed by atoms with Gasteiger partial charge in [0, 0.05) is 21.9 Å². The van der Waals surface area contributed by atoms with Crippen LogP contribution in [0.4, 0.5) is 0 Å². The largest absolute Gasteiger partial charge is 0.317 e. The molecule has 1 aliphatic heterocycles. The monoisotopic (exact) mass is 352 g/mol. The van der Waals surface area contributed by atoms with Gasteiger partial charge in [-0.25, -0.2) is 0 Å². The van der Waals surface area contributed by atoms with E-state index < -0.39 is 0 Å². The summed E-state index contributed by atoms with van der Waals surface area (Å²) >= 11 is 5.50. The molecule has 0 saturated carbocycles. The zero-order valence-electron chi connectivity index (χ0n) is 10.8. The third-order valence-electron chi connectivity index (χ3n) is 3.37. The number of thiophene rings is 1. The van der Waals surface area contributed by atoms with Gasteiger partial charge in [0.1, 0.15) is 0 Å². The second kappa shape index (κ2) is 8.54. The molecule has 0 amide bonds. The van der Waals surface area contributed by atoms with Crippen molar-refractivity contribution >= 4 is 39.7 Å². The molecule has 1 fully saturated rings.